The molecule has 0 heterocycles. The lowest BCUT2D eigenvalue weighted by Crippen LogP contribution is -2.05. The summed E-state index contributed by atoms with van der Waals surface area (Å²) in [7, 11) is 0. The number of carbonyl (C=O) groups is 1. The third-order valence-corrected chi connectivity index (χ3v) is 3.99. The van der Waals surface area contributed by atoms with E-state index in [1.54, 1.807) is 0 Å². The quantitative estimate of drug-likeness (QED) is 0.797. The van der Waals surface area contributed by atoms with E-state index in [-0.39, 0.29) is 17.8 Å². The summed E-state index contributed by atoms with van der Waals surface area (Å²) in [6.07, 6.45) is 1.60. The molecular formula is C13H14O3. The van der Waals surface area contributed by atoms with E-state index in [4.69, 9.17) is 5.11 Å². The molecule has 2 aliphatic rings. The molecule has 1 fully saturated rings. The first kappa shape index (κ1) is 9.70. The predicted octanol–water partition coefficient (Wildman–Crippen LogP) is 1.92. The first-order chi connectivity index (χ1) is 7.63. The molecule has 84 valence electrons. The zero-order valence-electron chi connectivity index (χ0n) is 9.10. The number of aliphatic carboxylic acids is 1. The number of rotatable bonds is 2. The molecule has 1 saturated carbocycles. The minimum Gasteiger partial charge on any atom is -0.508 e. The molecule has 1 aromatic carbocycles. The summed E-state index contributed by atoms with van der Waals surface area (Å²) in [5.41, 5.74) is 3.23. The molecule has 3 unspecified atom stereocenters. The number of aromatic hydroxyl groups is 1. The van der Waals surface area contributed by atoms with Crippen LogP contribution in [-0.4, -0.2) is 16.2 Å². The fourth-order valence-electron chi connectivity index (χ4n) is 3.11. The van der Waals surface area contributed by atoms with Gasteiger partial charge in [0.15, 0.2) is 0 Å². The van der Waals surface area contributed by atoms with Crippen LogP contribution in [0.3, 0.4) is 0 Å². The molecule has 0 bridgehead atoms. The number of hydrogen-bond donors (Lipinski definition) is 2. The number of carboxylic acids is 1. The van der Waals surface area contributed by atoms with E-state index in [2.05, 4.69) is 0 Å². The van der Waals surface area contributed by atoms with Gasteiger partial charge in [-0.3, -0.25) is 4.79 Å². The number of phenolic OH excluding ortho intramolecular Hbond substituents is 1. The molecule has 3 atom stereocenters. The van der Waals surface area contributed by atoms with E-state index in [0.29, 0.717) is 5.75 Å². The average molecular weight is 218 g/mol. The molecule has 16 heavy (non-hydrogen) atoms. The van der Waals surface area contributed by atoms with Gasteiger partial charge in [0.05, 0.1) is 5.92 Å². The average Bonchev–Trinajstić information content (AvgIpc) is 2.83. The highest BCUT2D eigenvalue weighted by molar-refractivity contribution is 5.78. The van der Waals surface area contributed by atoms with Crippen molar-refractivity contribution in [2.24, 2.45) is 11.8 Å². The molecule has 0 aliphatic heterocycles. The number of fused-ring (bicyclic) bond motifs is 3. The van der Waals surface area contributed by atoms with Crippen molar-refractivity contribution in [3.05, 3.63) is 28.8 Å². The lowest BCUT2D eigenvalue weighted by molar-refractivity contribution is -0.139. The fraction of sp³-hybridized carbons (Fsp3) is 0.462. The first-order valence-electron chi connectivity index (χ1n) is 5.71. The van der Waals surface area contributed by atoms with Crippen molar-refractivity contribution in [1.29, 1.82) is 0 Å². The molecule has 3 rings (SSSR count). The second-order valence-electron chi connectivity index (χ2n) is 4.79. The number of carboxylic acid groups (broad SMARTS) is 1. The van der Waals surface area contributed by atoms with Gasteiger partial charge in [0.1, 0.15) is 5.75 Å². The van der Waals surface area contributed by atoms with E-state index in [1.807, 2.05) is 19.1 Å². The number of benzene rings is 1. The minimum absolute atomic E-state index is 0.179. The maximum atomic E-state index is 11.0. The van der Waals surface area contributed by atoms with E-state index in [1.165, 1.54) is 0 Å². The maximum absolute atomic E-state index is 11.0. The monoisotopic (exact) mass is 218 g/mol. The summed E-state index contributed by atoms with van der Waals surface area (Å²) < 4.78 is 0. The molecule has 1 aromatic rings. The Morgan fingerprint density at radius 3 is 2.88 bits per heavy atom. The van der Waals surface area contributed by atoms with Crippen molar-refractivity contribution in [3.8, 4) is 5.75 Å². The summed E-state index contributed by atoms with van der Waals surface area (Å²) >= 11 is 0. The second kappa shape index (κ2) is 3.00. The number of hydrogen-bond acceptors (Lipinski definition) is 2. The normalized spacial score (nSPS) is 29.7. The van der Waals surface area contributed by atoms with Gasteiger partial charge in [-0.15, -0.1) is 0 Å². The molecule has 3 nitrogen and oxygen atoms in total. The van der Waals surface area contributed by atoms with E-state index in [0.717, 1.165) is 29.5 Å². The molecule has 2 N–H and O–H groups in total. The minimum atomic E-state index is -0.674. The van der Waals surface area contributed by atoms with Crippen molar-refractivity contribution in [2.75, 3.05) is 0 Å². The molecule has 2 aliphatic carbocycles. The van der Waals surface area contributed by atoms with Crippen LogP contribution in [0, 0.1) is 11.8 Å². The lowest BCUT2D eigenvalue weighted by atomic mass is 9.98. The second-order valence-corrected chi connectivity index (χ2v) is 4.79. The van der Waals surface area contributed by atoms with Crippen LogP contribution < -0.4 is 0 Å². The molecule has 0 radical (unpaired) electrons. The van der Waals surface area contributed by atoms with Crippen LogP contribution in [0.2, 0.25) is 0 Å². The van der Waals surface area contributed by atoms with Crippen molar-refractivity contribution in [2.45, 2.75) is 25.7 Å². The van der Waals surface area contributed by atoms with Gasteiger partial charge in [-0.25, -0.2) is 0 Å². The van der Waals surface area contributed by atoms with Gasteiger partial charge in [-0.1, -0.05) is 13.0 Å². The van der Waals surface area contributed by atoms with E-state index >= 15 is 0 Å². The maximum Gasteiger partial charge on any atom is 0.307 e. The smallest absolute Gasteiger partial charge is 0.307 e. The molecule has 0 spiro atoms. The Bertz CT molecular complexity index is 478. The van der Waals surface area contributed by atoms with Crippen LogP contribution in [0.15, 0.2) is 12.1 Å². The topological polar surface area (TPSA) is 57.5 Å². The third kappa shape index (κ3) is 1.11. The summed E-state index contributed by atoms with van der Waals surface area (Å²) in [5.74, 6) is -0.0136. The molecule has 0 saturated heterocycles. The van der Waals surface area contributed by atoms with Gasteiger partial charge >= 0.3 is 5.97 Å². The Kier molecular flexibility index (Phi) is 1.82. The van der Waals surface area contributed by atoms with Gasteiger partial charge in [-0.2, -0.15) is 0 Å². The molecule has 0 amide bonds. The molecular weight excluding hydrogens is 204 g/mol. The highest BCUT2D eigenvalue weighted by Crippen LogP contribution is 2.62. The highest BCUT2D eigenvalue weighted by atomic mass is 16.4. The van der Waals surface area contributed by atoms with Crippen LogP contribution in [0.1, 0.15) is 29.5 Å². The summed E-state index contributed by atoms with van der Waals surface area (Å²) in [5, 5.41) is 18.8. The third-order valence-electron chi connectivity index (χ3n) is 3.99. The van der Waals surface area contributed by atoms with Crippen molar-refractivity contribution < 1.29 is 15.0 Å². The van der Waals surface area contributed by atoms with Crippen LogP contribution in [-0.2, 0) is 17.6 Å². The Hall–Kier alpha value is -1.51. The van der Waals surface area contributed by atoms with Crippen LogP contribution in [0.5, 0.6) is 5.75 Å². The summed E-state index contributed by atoms with van der Waals surface area (Å²) in [6, 6.07) is 3.82. The van der Waals surface area contributed by atoms with Gasteiger partial charge in [0.2, 0.25) is 0 Å². The van der Waals surface area contributed by atoms with Crippen LogP contribution in [0.4, 0.5) is 0 Å². The Morgan fingerprint density at radius 2 is 2.25 bits per heavy atom. The zero-order valence-corrected chi connectivity index (χ0v) is 9.10. The fourth-order valence-corrected chi connectivity index (χ4v) is 3.11. The Balaban J connectivity index is 2.01. The van der Waals surface area contributed by atoms with Gasteiger partial charge < -0.3 is 10.2 Å². The summed E-state index contributed by atoms with van der Waals surface area (Å²) in [6.45, 7) is 2.00. The van der Waals surface area contributed by atoms with Gasteiger partial charge in [0, 0.05) is 5.92 Å². The molecule has 3 heteroatoms. The van der Waals surface area contributed by atoms with Crippen molar-refractivity contribution in [1.82, 2.24) is 0 Å². The number of aryl methyl sites for hydroxylation is 1. The van der Waals surface area contributed by atoms with Gasteiger partial charge in [0.25, 0.3) is 0 Å². The first-order valence-corrected chi connectivity index (χ1v) is 5.71. The predicted molar refractivity (Wildman–Crippen MR) is 58.5 cm³/mol. The molecule has 0 aromatic heterocycles. The Morgan fingerprint density at radius 1 is 1.50 bits per heavy atom. The van der Waals surface area contributed by atoms with Gasteiger partial charge in [-0.05, 0) is 41.5 Å². The zero-order chi connectivity index (χ0) is 11.4. The summed E-state index contributed by atoms with van der Waals surface area (Å²) in [4.78, 5) is 11.0. The largest absolute Gasteiger partial charge is 0.508 e. The SMILES string of the molecule is CCc1cc2c(cc1O)CC1C(C(=O)O)C21. The Labute approximate surface area is 93.7 Å². The van der Waals surface area contributed by atoms with Crippen LogP contribution >= 0.6 is 0 Å². The standard InChI is InChI=1S/C13H14O3/c1-2-6-3-8-7(5-10(6)14)4-9-11(8)12(9)13(15)16/h3,5,9,11-12,14H,2,4H2,1H3,(H,15,16). The van der Waals surface area contributed by atoms with E-state index < -0.39 is 5.97 Å². The van der Waals surface area contributed by atoms with E-state index in [9.17, 15) is 9.90 Å². The highest BCUT2D eigenvalue weighted by Gasteiger charge is 2.59. The lowest BCUT2D eigenvalue weighted by Gasteiger charge is -2.09. The number of phenols is 1. The van der Waals surface area contributed by atoms with Crippen LogP contribution in [0.25, 0.3) is 0 Å². The van der Waals surface area contributed by atoms with Crippen molar-refractivity contribution in [3.63, 3.8) is 0 Å². The van der Waals surface area contributed by atoms with Crippen molar-refractivity contribution >= 4 is 5.97 Å².